The van der Waals surface area contributed by atoms with E-state index in [4.69, 9.17) is 5.11 Å². The average Bonchev–Trinajstić information content (AvgIpc) is 1.35. The van der Waals surface area contributed by atoms with Gasteiger partial charge in [0.15, 0.2) is 0 Å². The van der Waals surface area contributed by atoms with Gasteiger partial charge in [0.05, 0.1) is 6.26 Å². The molecule has 6 heavy (non-hydrogen) atoms. The molecule has 2 heteroatoms. The highest BCUT2D eigenvalue weighted by atomic mass is 16.2. The van der Waals surface area contributed by atoms with Crippen molar-refractivity contribution in [2.75, 3.05) is 14.1 Å². The van der Waals surface area contributed by atoms with E-state index in [9.17, 15) is 0 Å². The van der Waals surface area contributed by atoms with Crippen molar-refractivity contribution in [1.29, 1.82) is 0 Å². The number of aliphatic hydroxyl groups excluding tert-OH is 1. The van der Waals surface area contributed by atoms with Crippen LogP contribution in [-0.4, -0.2) is 24.1 Å². The fourth-order valence-electron chi connectivity index (χ4n) is 0.133. The molecule has 0 aliphatic heterocycles. The van der Waals surface area contributed by atoms with E-state index < -0.39 is 0 Å². The maximum atomic E-state index is 8.01. The summed E-state index contributed by atoms with van der Waals surface area (Å²) in [4.78, 5) is 1.75. The fourth-order valence-corrected chi connectivity index (χ4v) is 0.133. The molecule has 0 heterocycles. The van der Waals surface area contributed by atoms with Crippen molar-refractivity contribution in [2.45, 2.75) is 0 Å². The van der Waals surface area contributed by atoms with Gasteiger partial charge in [0.2, 0.25) is 0 Å². The monoisotopic (exact) mass is 87.1 g/mol. The Morgan fingerprint density at radius 1 is 1.50 bits per heavy atom. The fraction of sp³-hybridized carbons (Fsp3) is 0.500. The van der Waals surface area contributed by atoms with Crippen LogP contribution in [-0.2, 0) is 0 Å². The predicted molar refractivity (Wildman–Crippen MR) is 25.5 cm³/mol. The van der Waals surface area contributed by atoms with Gasteiger partial charge in [0.1, 0.15) is 0 Å². The molecule has 0 rings (SSSR count). The number of hydrogen-bond acceptors (Lipinski definition) is 2. The summed E-state index contributed by atoms with van der Waals surface area (Å²) in [5.74, 6) is 0. The standard InChI is InChI=1S/C4H9NO/c1-5(2)3-4-6/h3-4,6H,1-2H3. The molecule has 0 bridgehead atoms. The van der Waals surface area contributed by atoms with Gasteiger partial charge < -0.3 is 10.0 Å². The van der Waals surface area contributed by atoms with Crippen molar-refractivity contribution >= 4 is 0 Å². The highest BCUT2D eigenvalue weighted by Gasteiger charge is 1.67. The Balaban J connectivity index is 3.03. The molecule has 0 unspecified atom stereocenters. The van der Waals surface area contributed by atoms with Crippen molar-refractivity contribution in [2.24, 2.45) is 0 Å². The third kappa shape index (κ3) is 3.34. The van der Waals surface area contributed by atoms with Crippen LogP contribution in [0.1, 0.15) is 0 Å². The van der Waals surface area contributed by atoms with E-state index in [0.717, 1.165) is 6.26 Å². The van der Waals surface area contributed by atoms with Crippen LogP contribution in [0.4, 0.5) is 0 Å². The maximum absolute atomic E-state index is 8.01. The van der Waals surface area contributed by atoms with E-state index in [1.807, 2.05) is 14.1 Å². The third-order valence-corrected chi connectivity index (χ3v) is 0.365. The van der Waals surface area contributed by atoms with Crippen molar-refractivity contribution < 1.29 is 5.11 Å². The smallest absolute Gasteiger partial charge is 0.0950 e. The van der Waals surface area contributed by atoms with Crippen molar-refractivity contribution in [3.63, 3.8) is 0 Å². The van der Waals surface area contributed by atoms with E-state index in [1.54, 1.807) is 11.1 Å². The molecule has 0 aliphatic rings. The van der Waals surface area contributed by atoms with Gasteiger partial charge in [-0.15, -0.1) is 0 Å². The van der Waals surface area contributed by atoms with Crippen molar-refractivity contribution in [3.05, 3.63) is 12.5 Å². The minimum atomic E-state index is 1.00. The molecule has 0 saturated carbocycles. The van der Waals surface area contributed by atoms with Gasteiger partial charge in [0, 0.05) is 20.3 Å². The number of hydrogen-bond donors (Lipinski definition) is 1. The van der Waals surface area contributed by atoms with Gasteiger partial charge in [-0.3, -0.25) is 0 Å². The van der Waals surface area contributed by atoms with Gasteiger partial charge in [-0.25, -0.2) is 0 Å². The van der Waals surface area contributed by atoms with E-state index in [2.05, 4.69) is 0 Å². The summed E-state index contributed by atoms with van der Waals surface area (Å²) in [6.45, 7) is 0. The first-order chi connectivity index (χ1) is 2.77. The minimum Gasteiger partial charge on any atom is -0.514 e. The molecule has 36 valence electrons. The van der Waals surface area contributed by atoms with Crippen LogP contribution in [0.2, 0.25) is 0 Å². The van der Waals surface area contributed by atoms with Gasteiger partial charge in [-0.05, 0) is 0 Å². The molecule has 0 radical (unpaired) electrons. The molecule has 0 aromatic carbocycles. The second kappa shape index (κ2) is 2.57. The first-order valence-electron chi connectivity index (χ1n) is 1.74. The van der Waals surface area contributed by atoms with Crippen LogP contribution in [0.15, 0.2) is 12.5 Å². The summed E-state index contributed by atoms with van der Waals surface area (Å²) < 4.78 is 0. The summed E-state index contributed by atoms with van der Waals surface area (Å²) in [5, 5.41) is 8.01. The normalized spacial score (nSPS) is 9.67. The van der Waals surface area contributed by atoms with Crippen LogP contribution in [0.3, 0.4) is 0 Å². The number of nitrogens with zero attached hydrogens (tertiary/aromatic N) is 1. The van der Waals surface area contributed by atoms with E-state index in [1.165, 1.54) is 0 Å². The Bertz CT molecular complexity index is 49.5. The Morgan fingerprint density at radius 2 is 2.00 bits per heavy atom. The van der Waals surface area contributed by atoms with Crippen LogP contribution < -0.4 is 0 Å². The van der Waals surface area contributed by atoms with E-state index in [-0.39, 0.29) is 0 Å². The molecule has 0 aromatic rings. The quantitative estimate of drug-likeness (QED) is 0.473. The van der Waals surface area contributed by atoms with Gasteiger partial charge in [-0.2, -0.15) is 0 Å². The summed E-state index contributed by atoms with van der Waals surface area (Å²) in [5.41, 5.74) is 0. The van der Waals surface area contributed by atoms with Gasteiger partial charge >= 0.3 is 0 Å². The summed E-state index contributed by atoms with van der Waals surface area (Å²) in [7, 11) is 3.68. The first-order valence-corrected chi connectivity index (χ1v) is 1.74. The molecule has 2 nitrogen and oxygen atoms in total. The lowest BCUT2D eigenvalue weighted by molar-refractivity contribution is 0.446. The third-order valence-electron chi connectivity index (χ3n) is 0.365. The largest absolute Gasteiger partial charge is 0.514 e. The van der Waals surface area contributed by atoms with Crippen LogP contribution in [0, 0.1) is 0 Å². The van der Waals surface area contributed by atoms with Crippen LogP contribution in [0.5, 0.6) is 0 Å². The van der Waals surface area contributed by atoms with Gasteiger partial charge in [0.25, 0.3) is 0 Å². The Hall–Kier alpha value is -0.660. The first kappa shape index (κ1) is 5.34. The lowest BCUT2D eigenvalue weighted by Crippen LogP contribution is -1.99. The van der Waals surface area contributed by atoms with Crippen molar-refractivity contribution in [3.8, 4) is 0 Å². The zero-order valence-corrected chi connectivity index (χ0v) is 4.05. The topological polar surface area (TPSA) is 23.5 Å². The Morgan fingerprint density at radius 3 is 2.00 bits per heavy atom. The molecule has 0 atom stereocenters. The molecule has 0 saturated heterocycles. The average molecular weight is 87.1 g/mol. The lowest BCUT2D eigenvalue weighted by Gasteiger charge is -1.99. The Kier molecular flexibility index (Phi) is 2.29. The zero-order chi connectivity index (χ0) is 4.99. The second-order valence-electron chi connectivity index (χ2n) is 1.26. The van der Waals surface area contributed by atoms with Crippen LogP contribution >= 0.6 is 0 Å². The Labute approximate surface area is 37.7 Å². The molecule has 0 spiro atoms. The molecule has 0 aromatic heterocycles. The molecule has 0 aliphatic carbocycles. The minimum absolute atomic E-state index is 1.00. The van der Waals surface area contributed by atoms with Gasteiger partial charge in [-0.1, -0.05) is 0 Å². The summed E-state index contributed by atoms with van der Waals surface area (Å²) in [6, 6.07) is 0. The summed E-state index contributed by atoms with van der Waals surface area (Å²) in [6.07, 6.45) is 2.56. The SMILES string of the molecule is CN(C)C=CO. The maximum Gasteiger partial charge on any atom is 0.0950 e. The molecular formula is C4H9NO. The molecule has 0 amide bonds. The number of rotatable bonds is 1. The number of aliphatic hydroxyl groups is 1. The predicted octanol–water partition coefficient (Wildman–Crippen LogP) is 0.577. The molecule has 0 fully saturated rings. The lowest BCUT2D eigenvalue weighted by atomic mass is 10.8. The van der Waals surface area contributed by atoms with E-state index >= 15 is 0 Å². The van der Waals surface area contributed by atoms with Crippen molar-refractivity contribution in [1.82, 2.24) is 4.90 Å². The highest BCUT2D eigenvalue weighted by molar-refractivity contribution is 4.65. The highest BCUT2D eigenvalue weighted by Crippen LogP contribution is 1.69. The second-order valence-corrected chi connectivity index (χ2v) is 1.26. The summed E-state index contributed by atoms with van der Waals surface area (Å²) >= 11 is 0. The molecule has 1 N–H and O–H groups in total. The zero-order valence-electron chi connectivity index (χ0n) is 4.05. The molecular weight excluding hydrogens is 78.0 g/mol. The van der Waals surface area contributed by atoms with Crippen LogP contribution in [0.25, 0.3) is 0 Å². The van der Waals surface area contributed by atoms with E-state index in [0.29, 0.717) is 0 Å².